The highest BCUT2D eigenvalue weighted by Gasteiger charge is 2.20. The number of aromatic nitrogens is 2. The van der Waals surface area contributed by atoms with Gasteiger partial charge in [-0.1, -0.05) is 17.7 Å². The highest BCUT2D eigenvalue weighted by molar-refractivity contribution is 6.31. The molecular formula is C28H31ClFN5O3. The summed E-state index contributed by atoms with van der Waals surface area (Å²) in [7, 11) is 0. The molecule has 2 heterocycles. The maximum atomic E-state index is 13.6. The van der Waals surface area contributed by atoms with Gasteiger partial charge in [0, 0.05) is 49.5 Å². The molecule has 1 amide bonds. The minimum absolute atomic E-state index is 0.00746. The normalized spacial score (nSPS) is 17.1. The highest BCUT2D eigenvalue weighted by Crippen LogP contribution is 2.36. The Labute approximate surface area is 226 Å². The molecule has 1 saturated carbocycles. The molecule has 0 radical (unpaired) electrons. The molecule has 5 rings (SSSR count). The Bertz CT molecular complexity index is 1310. The lowest BCUT2D eigenvalue weighted by atomic mass is 10.1. The molecule has 1 aliphatic heterocycles. The average molecular weight is 540 g/mol. The molecule has 0 atom stereocenters. The predicted molar refractivity (Wildman–Crippen MR) is 147 cm³/mol. The van der Waals surface area contributed by atoms with Crippen molar-refractivity contribution in [3.63, 3.8) is 0 Å². The van der Waals surface area contributed by atoms with Crippen LogP contribution in [0.15, 0.2) is 48.8 Å². The van der Waals surface area contributed by atoms with E-state index in [9.17, 15) is 9.18 Å². The first-order valence-corrected chi connectivity index (χ1v) is 13.4. The first kappa shape index (κ1) is 26.3. The second-order valence-corrected chi connectivity index (χ2v) is 9.93. The molecule has 1 aromatic heterocycles. The second kappa shape index (κ2) is 12.5. The summed E-state index contributed by atoms with van der Waals surface area (Å²) in [5.41, 5.74) is 1.77. The van der Waals surface area contributed by atoms with Gasteiger partial charge < -0.3 is 20.1 Å². The second-order valence-electron chi connectivity index (χ2n) is 9.52. The maximum Gasteiger partial charge on any atom is 0.248 e. The lowest BCUT2D eigenvalue weighted by molar-refractivity contribution is -0.111. The van der Waals surface area contributed by atoms with E-state index in [4.69, 9.17) is 21.1 Å². The predicted octanol–water partition coefficient (Wildman–Crippen LogP) is 5.70. The summed E-state index contributed by atoms with van der Waals surface area (Å²) in [6.45, 7) is 3.97. The monoisotopic (exact) mass is 539 g/mol. The Morgan fingerprint density at radius 1 is 1.16 bits per heavy atom. The van der Waals surface area contributed by atoms with Gasteiger partial charge in [-0.25, -0.2) is 14.4 Å². The molecule has 0 spiro atoms. The smallest absolute Gasteiger partial charge is 0.248 e. The lowest BCUT2D eigenvalue weighted by Gasteiger charge is -2.18. The number of rotatable bonds is 8. The van der Waals surface area contributed by atoms with Crippen molar-refractivity contribution in [2.24, 2.45) is 0 Å². The molecule has 0 bridgehead atoms. The summed E-state index contributed by atoms with van der Waals surface area (Å²) in [6, 6.07) is 8.00. The number of anilines is 3. The molecule has 0 unspecified atom stereocenters. The first-order valence-electron chi connectivity index (χ1n) is 13.0. The molecule has 38 heavy (non-hydrogen) atoms. The van der Waals surface area contributed by atoms with Crippen LogP contribution in [-0.2, 0) is 9.53 Å². The van der Waals surface area contributed by atoms with Gasteiger partial charge in [-0.05, 0) is 56.4 Å². The molecule has 2 N–H and O–H groups in total. The van der Waals surface area contributed by atoms with Crippen molar-refractivity contribution >= 4 is 45.6 Å². The number of hydrogen-bond acceptors (Lipinski definition) is 7. The van der Waals surface area contributed by atoms with Crippen molar-refractivity contribution in [2.75, 3.05) is 43.5 Å². The standard InChI is InChI=1S/C28H31ClFN5O3/c29-22-15-19(8-9-23(22)30)33-28-21-16-25(34-27(36)7-3-10-35-11-4-13-37-14-12-35)26(17-24(21)31-18-32-28)38-20-5-1-2-6-20/h3,7-9,15-18,20H,1-2,4-6,10-14H2,(H,34,36)(H,31,32,33)/b7-3+. The van der Waals surface area contributed by atoms with E-state index >= 15 is 0 Å². The van der Waals surface area contributed by atoms with Gasteiger partial charge in [0.15, 0.2) is 0 Å². The summed E-state index contributed by atoms with van der Waals surface area (Å²) in [5.74, 6) is 0.328. The van der Waals surface area contributed by atoms with Gasteiger partial charge in [-0.3, -0.25) is 9.69 Å². The SMILES string of the molecule is O=C(/C=C/CN1CCCOCC1)Nc1cc2c(Nc3ccc(F)c(Cl)c3)ncnc2cc1OC1CCCC1. The third kappa shape index (κ3) is 6.78. The van der Waals surface area contributed by atoms with E-state index < -0.39 is 5.82 Å². The third-order valence-electron chi connectivity index (χ3n) is 6.72. The Morgan fingerprint density at radius 2 is 2.03 bits per heavy atom. The van der Waals surface area contributed by atoms with Crippen molar-refractivity contribution in [1.29, 1.82) is 0 Å². The van der Waals surface area contributed by atoms with Crippen LogP contribution in [0.2, 0.25) is 5.02 Å². The van der Waals surface area contributed by atoms with E-state index in [1.807, 2.05) is 18.2 Å². The van der Waals surface area contributed by atoms with Crippen LogP contribution in [0.4, 0.5) is 21.6 Å². The van der Waals surface area contributed by atoms with Crippen LogP contribution in [0.5, 0.6) is 5.75 Å². The minimum atomic E-state index is -0.499. The molecule has 1 saturated heterocycles. The fourth-order valence-corrected chi connectivity index (χ4v) is 4.92. The Balaban J connectivity index is 1.39. The lowest BCUT2D eigenvalue weighted by Crippen LogP contribution is -2.26. The van der Waals surface area contributed by atoms with Crippen LogP contribution in [0.3, 0.4) is 0 Å². The summed E-state index contributed by atoms with van der Waals surface area (Å²) < 4.78 is 25.4. The summed E-state index contributed by atoms with van der Waals surface area (Å²) >= 11 is 5.95. The Hall–Kier alpha value is -3.27. The van der Waals surface area contributed by atoms with Crippen LogP contribution in [0, 0.1) is 5.82 Å². The number of carbonyl (C=O) groups excluding carboxylic acids is 1. The molecule has 8 nitrogen and oxygen atoms in total. The number of amides is 1. The van der Waals surface area contributed by atoms with Crippen LogP contribution in [-0.4, -0.2) is 59.7 Å². The number of carbonyl (C=O) groups is 1. The fraction of sp³-hybridized carbons (Fsp3) is 0.393. The van der Waals surface area contributed by atoms with E-state index in [0.717, 1.165) is 51.8 Å². The summed E-state index contributed by atoms with van der Waals surface area (Å²) in [6.07, 6.45) is 10.2. The van der Waals surface area contributed by atoms with Crippen LogP contribution in [0.25, 0.3) is 10.9 Å². The van der Waals surface area contributed by atoms with Gasteiger partial charge in [-0.15, -0.1) is 0 Å². The van der Waals surface area contributed by atoms with Crippen molar-refractivity contribution in [3.05, 3.63) is 59.7 Å². The van der Waals surface area contributed by atoms with Crippen LogP contribution < -0.4 is 15.4 Å². The summed E-state index contributed by atoms with van der Waals surface area (Å²) in [5, 5.41) is 6.85. The molecule has 2 aliphatic rings. The zero-order chi connectivity index (χ0) is 26.3. The van der Waals surface area contributed by atoms with Gasteiger partial charge in [0.2, 0.25) is 5.91 Å². The molecular weight excluding hydrogens is 509 g/mol. The zero-order valence-electron chi connectivity index (χ0n) is 21.1. The van der Waals surface area contributed by atoms with E-state index in [1.54, 1.807) is 12.1 Å². The van der Waals surface area contributed by atoms with Crippen molar-refractivity contribution in [2.45, 2.75) is 38.2 Å². The van der Waals surface area contributed by atoms with E-state index in [2.05, 4.69) is 25.5 Å². The number of halogens is 2. The average Bonchev–Trinajstić information content (AvgIpc) is 3.28. The van der Waals surface area contributed by atoms with Crippen molar-refractivity contribution in [1.82, 2.24) is 14.9 Å². The Kier molecular flexibility index (Phi) is 8.68. The molecule has 1 aliphatic carbocycles. The number of ether oxygens (including phenoxy) is 2. The molecule has 2 fully saturated rings. The number of nitrogens with one attached hydrogen (secondary N) is 2. The van der Waals surface area contributed by atoms with Crippen molar-refractivity contribution in [3.8, 4) is 5.75 Å². The minimum Gasteiger partial charge on any atom is -0.488 e. The quantitative estimate of drug-likeness (QED) is 0.355. The maximum absolute atomic E-state index is 13.6. The van der Waals surface area contributed by atoms with Crippen molar-refractivity contribution < 1.29 is 18.7 Å². The van der Waals surface area contributed by atoms with Gasteiger partial charge in [0.25, 0.3) is 0 Å². The van der Waals surface area contributed by atoms with Crippen LogP contribution in [0.1, 0.15) is 32.1 Å². The number of nitrogens with zero attached hydrogens (tertiary/aromatic N) is 3. The molecule has 2 aromatic carbocycles. The molecule has 10 heteroatoms. The van der Waals surface area contributed by atoms with E-state index in [1.165, 1.54) is 18.5 Å². The van der Waals surface area contributed by atoms with E-state index in [-0.39, 0.29) is 17.0 Å². The third-order valence-corrected chi connectivity index (χ3v) is 7.01. The van der Waals surface area contributed by atoms with Gasteiger partial charge >= 0.3 is 0 Å². The largest absolute Gasteiger partial charge is 0.488 e. The number of benzene rings is 2. The van der Waals surface area contributed by atoms with Gasteiger partial charge in [-0.2, -0.15) is 0 Å². The number of hydrogen-bond donors (Lipinski definition) is 2. The Morgan fingerprint density at radius 3 is 2.87 bits per heavy atom. The van der Waals surface area contributed by atoms with Gasteiger partial charge in [0.1, 0.15) is 23.7 Å². The zero-order valence-corrected chi connectivity index (χ0v) is 21.8. The van der Waals surface area contributed by atoms with Crippen LogP contribution >= 0.6 is 11.6 Å². The molecule has 200 valence electrons. The fourth-order valence-electron chi connectivity index (χ4n) is 4.74. The first-order chi connectivity index (χ1) is 18.5. The molecule has 3 aromatic rings. The number of fused-ring (bicyclic) bond motifs is 1. The van der Waals surface area contributed by atoms with Gasteiger partial charge in [0.05, 0.1) is 28.9 Å². The topological polar surface area (TPSA) is 88.6 Å². The van der Waals surface area contributed by atoms with E-state index in [0.29, 0.717) is 47.0 Å². The summed E-state index contributed by atoms with van der Waals surface area (Å²) in [4.78, 5) is 24.0. The highest BCUT2D eigenvalue weighted by atomic mass is 35.5.